The SMILES string of the molecule is COc1ncccc1CC[C@H]1C[C@@H]1c1ccccc1. The van der Waals surface area contributed by atoms with E-state index in [1.165, 1.54) is 24.0 Å². The monoisotopic (exact) mass is 253 g/mol. The van der Waals surface area contributed by atoms with Crippen LogP contribution in [0.4, 0.5) is 0 Å². The third-order valence-electron chi connectivity index (χ3n) is 3.98. The van der Waals surface area contributed by atoms with E-state index in [0.717, 1.165) is 24.1 Å². The predicted molar refractivity (Wildman–Crippen MR) is 76.4 cm³/mol. The molecule has 2 nitrogen and oxygen atoms in total. The molecule has 0 radical (unpaired) electrons. The highest BCUT2D eigenvalue weighted by Gasteiger charge is 2.37. The van der Waals surface area contributed by atoms with Gasteiger partial charge in [0.05, 0.1) is 7.11 Å². The fourth-order valence-electron chi connectivity index (χ4n) is 2.81. The smallest absolute Gasteiger partial charge is 0.216 e. The average Bonchev–Trinajstić information content (AvgIpc) is 3.26. The lowest BCUT2D eigenvalue weighted by Gasteiger charge is -2.06. The molecule has 0 aliphatic heterocycles. The zero-order valence-electron chi connectivity index (χ0n) is 11.3. The minimum atomic E-state index is 0.767. The van der Waals surface area contributed by atoms with Crippen LogP contribution in [0.3, 0.4) is 0 Å². The van der Waals surface area contributed by atoms with E-state index in [2.05, 4.69) is 41.4 Å². The van der Waals surface area contributed by atoms with Gasteiger partial charge in [-0.15, -0.1) is 0 Å². The molecule has 0 spiro atoms. The molecular weight excluding hydrogens is 234 g/mol. The van der Waals surface area contributed by atoms with Gasteiger partial charge in [0.2, 0.25) is 5.88 Å². The third-order valence-corrected chi connectivity index (χ3v) is 3.98. The van der Waals surface area contributed by atoms with Gasteiger partial charge in [0.1, 0.15) is 0 Å². The van der Waals surface area contributed by atoms with Gasteiger partial charge in [-0.2, -0.15) is 0 Å². The van der Waals surface area contributed by atoms with Gasteiger partial charge in [-0.3, -0.25) is 0 Å². The predicted octanol–water partition coefficient (Wildman–Crippen LogP) is 3.83. The first kappa shape index (κ1) is 12.2. The summed E-state index contributed by atoms with van der Waals surface area (Å²) in [4.78, 5) is 4.25. The Hall–Kier alpha value is -1.83. The molecule has 2 heteroatoms. The number of hydrogen-bond acceptors (Lipinski definition) is 2. The van der Waals surface area contributed by atoms with E-state index in [-0.39, 0.29) is 0 Å². The third kappa shape index (κ3) is 2.78. The lowest BCUT2D eigenvalue weighted by Crippen LogP contribution is -1.96. The Labute approximate surface area is 114 Å². The van der Waals surface area contributed by atoms with E-state index in [1.807, 2.05) is 6.07 Å². The van der Waals surface area contributed by atoms with Crippen molar-refractivity contribution in [2.24, 2.45) is 5.92 Å². The Bertz CT molecular complexity index is 538. The van der Waals surface area contributed by atoms with Gasteiger partial charge in [-0.25, -0.2) is 4.98 Å². The van der Waals surface area contributed by atoms with E-state index in [0.29, 0.717) is 0 Å². The number of aromatic nitrogens is 1. The minimum Gasteiger partial charge on any atom is -0.481 e. The molecule has 3 rings (SSSR count). The highest BCUT2D eigenvalue weighted by Crippen LogP contribution is 2.50. The summed E-state index contributed by atoms with van der Waals surface area (Å²) >= 11 is 0. The molecule has 1 heterocycles. The first-order valence-electron chi connectivity index (χ1n) is 6.91. The van der Waals surface area contributed by atoms with E-state index in [4.69, 9.17) is 4.74 Å². The number of hydrogen-bond donors (Lipinski definition) is 0. The Morgan fingerprint density at radius 3 is 2.79 bits per heavy atom. The normalized spacial score (nSPS) is 21.1. The summed E-state index contributed by atoms with van der Waals surface area (Å²) in [5.41, 5.74) is 2.72. The maximum absolute atomic E-state index is 5.30. The van der Waals surface area contributed by atoms with Gasteiger partial charge < -0.3 is 4.74 Å². The summed E-state index contributed by atoms with van der Waals surface area (Å²) in [6, 6.07) is 14.9. The second kappa shape index (κ2) is 5.43. The molecule has 0 N–H and O–H groups in total. The number of nitrogens with zero attached hydrogens (tertiary/aromatic N) is 1. The van der Waals surface area contributed by atoms with Crippen LogP contribution in [0, 0.1) is 5.92 Å². The van der Waals surface area contributed by atoms with E-state index >= 15 is 0 Å². The number of aryl methyl sites for hydroxylation is 1. The van der Waals surface area contributed by atoms with Gasteiger partial charge in [-0.05, 0) is 42.7 Å². The topological polar surface area (TPSA) is 22.1 Å². The van der Waals surface area contributed by atoms with Crippen molar-refractivity contribution in [3.8, 4) is 5.88 Å². The molecule has 1 aromatic heterocycles. The van der Waals surface area contributed by atoms with Crippen molar-refractivity contribution in [1.29, 1.82) is 0 Å². The maximum Gasteiger partial charge on any atom is 0.216 e. The summed E-state index contributed by atoms with van der Waals surface area (Å²) in [7, 11) is 1.69. The lowest BCUT2D eigenvalue weighted by molar-refractivity contribution is 0.391. The molecule has 0 bridgehead atoms. The van der Waals surface area contributed by atoms with Crippen LogP contribution in [-0.2, 0) is 6.42 Å². The molecule has 2 aromatic rings. The van der Waals surface area contributed by atoms with E-state index < -0.39 is 0 Å². The number of ether oxygens (including phenoxy) is 1. The zero-order chi connectivity index (χ0) is 13.1. The maximum atomic E-state index is 5.30. The molecule has 1 aliphatic carbocycles. The fraction of sp³-hybridized carbons (Fsp3) is 0.353. The van der Waals surface area contributed by atoms with Crippen molar-refractivity contribution in [1.82, 2.24) is 4.98 Å². The number of rotatable bonds is 5. The van der Waals surface area contributed by atoms with Crippen LogP contribution in [0.5, 0.6) is 5.88 Å². The summed E-state index contributed by atoms with van der Waals surface area (Å²) in [5, 5.41) is 0. The summed E-state index contributed by atoms with van der Waals surface area (Å²) in [6.45, 7) is 0. The van der Waals surface area contributed by atoms with Crippen LogP contribution >= 0.6 is 0 Å². The van der Waals surface area contributed by atoms with E-state index in [1.54, 1.807) is 13.3 Å². The van der Waals surface area contributed by atoms with Crippen LogP contribution in [0.1, 0.15) is 29.9 Å². The van der Waals surface area contributed by atoms with Crippen LogP contribution in [0.15, 0.2) is 48.7 Å². The molecule has 98 valence electrons. The lowest BCUT2D eigenvalue weighted by atomic mass is 10.0. The number of methoxy groups -OCH3 is 1. The van der Waals surface area contributed by atoms with E-state index in [9.17, 15) is 0 Å². The van der Waals surface area contributed by atoms with Crippen LogP contribution < -0.4 is 4.74 Å². The summed E-state index contributed by atoms with van der Waals surface area (Å²) in [5.74, 6) is 2.37. The quantitative estimate of drug-likeness (QED) is 0.808. The van der Waals surface area contributed by atoms with Crippen LogP contribution in [0.25, 0.3) is 0 Å². The van der Waals surface area contributed by atoms with Crippen molar-refractivity contribution in [3.63, 3.8) is 0 Å². The van der Waals surface area contributed by atoms with Crippen molar-refractivity contribution in [2.75, 3.05) is 7.11 Å². The summed E-state index contributed by atoms with van der Waals surface area (Å²) < 4.78 is 5.30. The Balaban J connectivity index is 1.57. The van der Waals surface area contributed by atoms with Gasteiger partial charge in [-0.1, -0.05) is 36.4 Å². The molecule has 1 saturated carbocycles. The second-order valence-corrected chi connectivity index (χ2v) is 5.22. The summed E-state index contributed by atoms with van der Waals surface area (Å²) in [6.07, 6.45) is 5.39. The largest absolute Gasteiger partial charge is 0.481 e. The highest BCUT2D eigenvalue weighted by atomic mass is 16.5. The number of pyridine rings is 1. The molecule has 2 atom stereocenters. The molecule has 1 aliphatic rings. The standard InChI is InChI=1S/C17H19NO/c1-19-17-14(8-5-11-18-17)9-10-15-12-16(15)13-6-3-2-4-7-13/h2-8,11,15-16H,9-10,12H2,1H3/t15-,16+/m0/s1. The van der Waals surface area contributed by atoms with Crippen LogP contribution in [-0.4, -0.2) is 12.1 Å². The van der Waals surface area contributed by atoms with Crippen molar-refractivity contribution >= 4 is 0 Å². The van der Waals surface area contributed by atoms with Gasteiger partial charge in [0, 0.05) is 11.8 Å². The highest BCUT2D eigenvalue weighted by molar-refractivity contribution is 5.28. The minimum absolute atomic E-state index is 0.767. The Kier molecular flexibility index (Phi) is 3.49. The Morgan fingerprint density at radius 2 is 2.00 bits per heavy atom. The average molecular weight is 253 g/mol. The molecule has 0 amide bonds. The molecule has 1 aromatic carbocycles. The van der Waals surface area contributed by atoms with Crippen LogP contribution in [0.2, 0.25) is 0 Å². The molecule has 1 fully saturated rings. The number of benzene rings is 1. The van der Waals surface area contributed by atoms with Gasteiger partial charge in [0.15, 0.2) is 0 Å². The molecule has 0 saturated heterocycles. The van der Waals surface area contributed by atoms with Crippen molar-refractivity contribution in [2.45, 2.75) is 25.2 Å². The first-order valence-corrected chi connectivity index (χ1v) is 6.91. The molecular formula is C17H19NO. The second-order valence-electron chi connectivity index (χ2n) is 5.22. The zero-order valence-corrected chi connectivity index (χ0v) is 11.3. The molecule has 19 heavy (non-hydrogen) atoms. The van der Waals surface area contributed by atoms with Gasteiger partial charge in [0.25, 0.3) is 0 Å². The molecule has 0 unspecified atom stereocenters. The fourth-order valence-corrected chi connectivity index (χ4v) is 2.81. The Morgan fingerprint density at radius 1 is 1.16 bits per heavy atom. The van der Waals surface area contributed by atoms with Gasteiger partial charge >= 0.3 is 0 Å². The van der Waals surface area contributed by atoms with Crippen molar-refractivity contribution < 1.29 is 4.74 Å². The first-order chi connectivity index (χ1) is 9.38. The van der Waals surface area contributed by atoms with Crippen molar-refractivity contribution in [3.05, 3.63) is 59.8 Å².